The normalized spacial score (nSPS) is 10.7. The third-order valence-electron chi connectivity index (χ3n) is 2.22. The Balaban J connectivity index is 2.75. The molecule has 0 radical (unpaired) electrons. The second-order valence-corrected chi connectivity index (χ2v) is 3.01. The van der Waals surface area contributed by atoms with Crippen molar-refractivity contribution in [2.24, 2.45) is 0 Å². The van der Waals surface area contributed by atoms with E-state index >= 15 is 0 Å². The van der Waals surface area contributed by atoms with Gasteiger partial charge in [-0.05, 0) is 6.92 Å². The molecule has 0 saturated heterocycles. The summed E-state index contributed by atoms with van der Waals surface area (Å²) in [5.74, 6) is 1.17. The molecule has 3 heteroatoms. The zero-order valence-corrected chi connectivity index (χ0v) is 8.71. The van der Waals surface area contributed by atoms with Gasteiger partial charge in [0, 0.05) is 38.4 Å². The maximum absolute atomic E-state index is 5.05. The summed E-state index contributed by atoms with van der Waals surface area (Å²) in [4.78, 5) is 4.37. The Morgan fingerprint density at radius 1 is 1.46 bits per heavy atom. The van der Waals surface area contributed by atoms with Crippen LogP contribution in [0.25, 0.3) is 0 Å². The molecule has 1 aromatic rings. The molecule has 74 valence electrons. The maximum Gasteiger partial charge on any atom is 0.108 e. The first kappa shape index (κ1) is 10.3. The molecule has 0 spiro atoms. The Bertz CT molecular complexity index is 255. The molecular weight excluding hydrogens is 164 g/mol. The fourth-order valence-corrected chi connectivity index (χ4v) is 1.53. The number of hydrogen-bond acceptors (Lipinski definition) is 2. The van der Waals surface area contributed by atoms with E-state index in [1.54, 1.807) is 7.11 Å². The van der Waals surface area contributed by atoms with Crippen molar-refractivity contribution in [1.82, 2.24) is 9.55 Å². The largest absolute Gasteiger partial charge is 0.384 e. The summed E-state index contributed by atoms with van der Waals surface area (Å²) >= 11 is 0. The summed E-state index contributed by atoms with van der Waals surface area (Å²) in [6.07, 6.45) is 3.92. The molecule has 0 bridgehead atoms. The minimum atomic E-state index is 0.773. The predicted octanol–water partition coefficient (Wildman–Crippen LogP) is 1.65. The van der Waals surface area contributed by atoms with E-state index in [0.29, 0.717) is 0 Å². The van der Waals surface area contributed by atoms with Gasteiger partial charge in [-0.1, -0.05) is 6.92 Å². The van der Waals surface area contributed by atoms with Gasteiger partial charge in [0.15, 0.2) is 0 Å². The molecule has 0 N–H and O–H groups in total. The Morgan fingerprint density at radius 2 is 2.23 bits per heavy atom. The molecule has 0 aromatic carbocycles. The predicted molar refractivity (Wildman–Crippen MR) is 52.9 cm³/mol. The molecule has 0 aliphatic carbocycles. The van der Waals surface area contributed by atoms with Crippen LogP contribution in [-0.4, -0.2) is 23.3 Å². The monoisotopic (exact) mass is 182 g/mol. The highest BCUT2D eigenvalue weighted by Gasteiger charge is 2.05. The highest BCUT2D eigenvalue weighted by Crippen LogP contribution is 2.06. The van der Waals surface area contributed by atoms with Crippen LogP contribution in [-0.2, 0) is 24.1 Å². The number of nitrogens with zero attached hydrogens (tertiary/aromatic N) is 2. The van der Waals surface area contributed by atoms with Crippen LogP contribution in [0, 0.1) is 0 Å². The summed E-state index contributed by atoms with van der Waals surface area (Å²) in [6.45, 7) is 6.06. The zero-order chi connectivity index (χ0) is 9.68. The highest BCUT2D eigenvalue weighted by atomic mass is 16.5. The number of rotatable bonds is 5. The first-order valence-corrected chi connectivity index (χ1v) is 4.85. The molecule has 0 atom stereocenters. The number of ether oxygens (including phenoxy) is 1. The summed E-state index contributed by atoms with van der Waals surface area (Å²) in [7, 11) is 1.73. The van der Waals surface area contributed by atoms with Crippen LogP contribution in [0.2, 0.25) is 0 Å². The van der Waals surface area contributed by atoms with Crippen LogP contribution in [0.5, 0.6) is 0 Å². The summed E-state index contributed by atoms with van der Waals surface area (Å²) < 4.78 is 7.31. The second-order valence-electron chi connectivity index (χ2n) is 3.01. The lowest BCUT2D eigenvalue weighted by Crippen LogP contribution is -2.07. The van der Waals surface area contributed by atoms with Gasteiger partial charge in [-0.25, -0.2) is 4.98 Å². The van der Waals surface area contributed by atoms with E-state index in [-0.39, 0.29) is 0 Å². The van der Waals surface area contributed by atoms with Crippen LogP contribution in [0.3, 0.4) is 0 Å². The van der Waals surface area contributed by atoms with Crippen LogP contribution >= 0.6 is 0 Å². The molecule has 0 amide bonds. The smallest absolute Gasteiger partial charge is 0.108 e. The van der Waals surface area contributed by atoms with Crippen molar-refractivity contribution in [3.8, 4) is 0 Å². The molecule has 1 aromatic heterocycles. The first-order chi connectivity index (χ1) is 6.33. The van der Waals surface area contributed by atoms with E-state index in [4.69, 9.17) is 4.74 Å². The van der Waals surface area contributed by atoms with Crippen molar-refractivity contribution < 1.29 is 4.74 Å². The van der Waals surface area contributed by atoms with Crippen LogP contribution in [0.4, 0.5) is 0 Å². The number of imidazole rings is 1. The fraction of sp³-hybridized carbons (Fsp3) is 0.700. The molecular formula is C10H18N2O. The van der Waals surface area contributed by atoms with Gasteiger partial charge in [-0.15, -0.1) is 0 Å². The zero-order valence-electron chi connectivity index (χ0n) is 8.71. The molecule has 1 heterocycles. The van der Waals surface area contributed by atoms with Crippen molar-refractivity contribution in [3.63, 3.8) is 0 Å². The Labute approximate surface area is 79.7 Å². The summed E-state index contributed by atoms with van der Waals surface area (Å²) in [5.41, 5.74) is 1.28. The third kappa shape index (κ3) is 2.31. The van der Waals surface area contributed by atoms with E-state index < -0.39 is 0 Å². The highest BCUT2D eigenvalue weighted by molar-refractivity contribution is 5.05. The Morgan fingerprint density at radius 3 is 2.77 bits per heavy atom. The van der Waals surface area contributed by atoms with Gasteiger partial charge in [0.2, 0.25) is 0 Å². The lowest BCUT2D eigenvalue weighted by Gasteiger charge is -2.07. The molecule has 1 rings (SSSR count). The Hall–Kier alpha value is -0.830. The molecule has 3 nitrogen and oxygen atoms in total. The maximum atomic E-state index is 5.05. The number of aryl methyl sites for hydroxylation is 1. The van der Waals surface area contributed by atoms with E-state index in [9.17, 15) is 0 Å². The van der Waals surface area contributed by atoms with Crippen molar-refractivity contribution in [2.75, 3.05) is 13.7 Å². The van der Waals surface area contributed by atoms with E-state index in [1.165, 1.54) is 11.5 Å². The average Bonchev–Trinajstić information content (AvgIpc) is 2.56. The van der Waals surface area contributed by atoms with Gasteiger partial charge in [-0.2, -0.15) is 0 Å². The van der Waals surface area contributed by atoms with Crippen molar-refractivity contribution in [2.45, 2.75) is 33.2 Å². The van der Waals surface area contributed by atoms with Crippen LogP contribution in [0.1, 0.15) is 25.4 Å². The Kier molecular flexibility index (Phi) is 3.96. The van der Waals surface area contributed by atoms with Gasteiger partial charge in [0.05, 0.1) is 6.61 Å². The van der Waals surface area contributed by atoms with E-state index in [1.807, 2.05) is 6.20 Å². The number of methoxy groups -OCH3 is 1. The van der Waals surface area contributed by atoms with Gasteiger partial charge < -0.3 is 9.30 Å². The standard InChI is InChI=1S/C10H18N2O/c1-4-10-11-8-9(6-7-13-3)12(10)5-2/h8H,4-7H2,1-3H3. The third-order valence-corrected chi connectivity index (χ3v) is 2.22. The molecule has 0 fully saturated rings. The molecule has 0 unspecified atom stereocenters. The van der Waals surface area contributed by atoms with Crippen molar-refractivity contribution in [1.29, 1.82) is 0 Å². The van der Waals surface area contributed by atoms with Gasteiger partial charge >= 0.3 is 0 Å². The van der Waals surface area contributed by atoms with Gasteiger partial charge in [0.1, 0.15) is 5.82 Å². The fourth-order valence-electron chi connectivity index (χ4n) is 1.53. The van der Waals surface area contributed by atoms with E-state index in [0.717, 1.165) is 26.0 Å². The number of aromatic nitrogens is 2. The van der Waals surface area contributed by atoms with Crippen molar-refractivity contribution >= 4 is 0 Å². The quantitative estimate of drug-likeness (QED) is 0.692. The molecule has 13 heavy (non-hydrogen) atoms. The topological polar surface area (TPSA) is 27.1 Å². The molecule has 0 aliphatic rings. The van der Waals surface area contributed by atoms with E-state index in [2.05, 4.69) is 23.4 Å². The first-order valence-electron chi connectivity index (χ1n) is 4.85. The lowest BCUT2D eigenvalue weighted by atomic mass is 10.3. The number of hydrogen-bond donors (Lipinski definition) is 0. The average molecular weight is 182 g/mol. The molecule has 0 aliphatic heterocycles. The summed E-state index contributed by atoms with van der Waals surface area (Å²) in [5, 5.41) is 0. The summed E-state index contributed by atoms with van der Waals surface area (Å²) in [6, 6.07) is 0. The molecule has 0 saturated carbocycles. The van der Waals surface area contributed by atoms with Crippen molar-refractivity contribution in [3.05, 3.63) is 17.7 Å². The minimum Gasteiger partial charge on any atom is -0.384 e. The van der Waals surface area contributed by atoms with Gasteiger partial charge in [-0.3, -0.25) is 0 Å². The van der Waals surface area contributed by atoms with Crippen LogP contribution in [0.15, 0.2) is 6.20 Å². The van der Waals surface area contributed by atoms with Gasteiger partial charge in [0.25, 0.3) is 0 Å². The second kappa shape index (κ2) is 5.02. The SMILES string of the molecule is CCc1ncc(CCOC)n1CC. The lowest BCUT2D eigenvalue weighted by molar-refractivity contribution is 0.200. The minimum absolute atomic E-state index is 0.773. The van der Waals surface area contributed by atoms with Crippen LogP contribution < -0.4 is 0 Å².